The molecule has 2 aromatic rings. The number of sulfonamides is 1. The first kappa shape index (κ1) is 19.0. The smallest absolute Gasteiger partial charge is 0.269 e. The van der Waals surface area contributed by atoms with Crippen molar-refractivity contribution in [1.82, 2.24) is 4.31 Å². The van der Waals surface area contributed by atoms with Crippen LogP contribution in [-0.2, 0) is 14.8 Å². The summed E-state index contributed by atoms with van der Waals surface area (Å²) < 4.78 is 38.3. The van der Waals surface area contributed by atoms with Gasteiger partial charge in [-0.2, -0.15) is 4.31 Å². The van der Waals surface area contributed by atoms with E-state index >= 15 is 0 Å². The normalized spacial score (nSPS) is 19.4. The third kappa shape index (κ3) is 3.67. The summed E-state index contributed by atoms with van der Waals surface area (Å²) in [5, 5.41) is 2.81. The second kappa shape index (κ2) is 7.62. The average molecular weight is 423 g/mol. The molecule has 0 bridgehead atoms. The fraction of sp³-hybridized carbons (Fsp3) is 0.316. The molecule has 148 valence electrons. The summed E-state index contributed by atoms with van der Waals surface area (Å²) in [4.78, 5) is 12.6. The predicted molar refractivity (Wildman–Crippen MR) is 104 cm³/mol. The molecule has 1 amide bonds. The summed E-state index contributed by atoms with van der Waals surface area (Å²) in [6.07, 6.45) is 0.811. The second-order valence-corrected chi connectivity index (χ2v) is 8.92. The van der Waals surface area contributed by atoms with Gasteiger partial charge in [-0.3, -0.25) is 4.79 Å². The van der Waals surface area contributed by atoms with Gasteiger partial charge < -0.3 is 14.8 Å². The maximum absolute atomic E-state index is 12.8. The van der Waals surface area contributed by atoms with Gasteiger partial charge in [0.05, 0.1) is 5.02 Å². The summed E-state index contributed by atoms with van der Waals surface area (Å²) >= 11 is 6.14. The molecule has 0 radical (unpaired) electrons. The molecule has 0 aliphatic carbocycles. The van der Waals surface area contributed by atoms with Crippen LogP contribution in [0.25, 0.3) is 0 Å². The number of nitrogens with one attached hydrogen (secondary N) is 1. The summed E-state index contributed by atoms with van der Waals surface area (Å²) in [5.74, 6) is 0.640. The lowest BCUT2D eigenvalue weighted by atomic mass is 10.2. The largest absolute Gasteiger partial charge is 0.485 e. The fourth-order valence-electron chi connectivity index (χ4n) is 3.22. The summed E-state index contributed by atoms with van der Waals surface area (Å²) in [6, 6.07) is 11.5. The average Bonchev–Trinajstić information content (AvgIpc) is 3.24. The molecule has 2 heterocycles. The van der Waals surface area contributed by atoms with Crippen molar-refractivity contribution in [2.45, 2.75) is 23.8 Å². The first-order valence-corrected chi connectivity index (χ1v) is 10.8. The number of nitrogens with zero attached hydrogens (tertiary/aromatic N) is 1. The van der Waals surface area contributed by atoms with Crippen LogP contribution in [-0.4, -0.2) is 44.4 Å². The van der Waals surface area contributed by atoms with E-state index in [0.717, 1.165) is 12.8 Å². The van der Waals surface area contributed by atoms with E-state index < -0.39 is 22.0 Å². The molecule has 2 aliphatic heterocycles. The maximum atomic E-state index is 12.8. The van der Waals surface area contributed by atoms with Gasteiger partial charge in [0.15, 0.2) is 11.5 Å². The SMILES string of the molecule is O=C(Nc1ccc(Cl)c(S(=O)(=O)N2CCCC2)c1)C1COc2ccccc2O1. The Morgan fingerprint density at radius 2 is 1.82 bits per heavy atom. The highest BCUT2D eigenvalue weighted by molar-refractivity contribution is 7.89. The summed E-state index contributed by atoms with van der Waals surface area (Å²) in [7, 11) is -3.70. The summed E-state index contributed by atoms with van der Waals surface area (Å²) in [5.41, 5.74) is 0.328. The van der Waals surface area contributed by atoms with E-state index in [1.165, 1.54) is 16.4 Å². The van der Waals surface area contributed by atoms with Gasteiger partial charge >= 0.3 is 0 Å². The Labute approximate surface area is 168 Å². The quantitative estimate of drug-likeness (QED) is 0.818. The van der Waals surface area contributed by atoms with Crippen molar-refractivity contribution < 1.29 is 22.7 Å². The highest BCUT2D eigenvalue weighted by atomic mass is 35.5. The molecule has 0 spiro atoms. The lowest BCUT2D eigenvalue weighted by Gasteiger charge is -2.25. The van der Waals surface area contributed by atoms with Gasteiger partial charge in [0, 0.05) is 18.8 Å². The molecule has 4 rings (SSSR count). The number of rotatable bonds is 4. The lowest BCUT2D eigenvalue weighted by molar-refractivity contribution is -0.125. The molecule has 0 saturated carbocycles. The van der Waals surface area contributed by atoms with E-state index in [1.54, 1.807) is 24.3 Å². The fourth-order valence-corrected chi connectivity index (χ4v) is 5.24. The third-order valence-corrected chi connectivity index (χ3v) is 7.06. The van der Waals surface area contributed by atoms with E-state index in [9.17, 15) is 13.2 Å². The Kier molecular flexibility index (Phi) is 5.18. The predicted octanol–water partition coefficient (Wildman–Crippen LogP) is 2.90. The number of ether oxygens (including phenoxy) is 2. The number of para-hydroxylation sites is 2. The molecule has 0 aromatic heterocycles. The molecule has 1 N–H and O–H groups in total. The molecule has 7 nitrogen and oxygen atoms in total. The van der Waals surface area contributed by atoms with Crippen LogP contribution < -0.4 is 14.8 Å². The lowest BCUT2D eigenvalue weighted by Crippen LogP contribution is -2.40. The van der Waals surface area contributed by atoms with Crippen LogP contribution >= 0.6 is 11.6 Å². The number of carbonyl (C=O) groups is 1. The van der Waals surface area contributed by atoms with Crippen LogP contribution in [0.5, 0.6) is 11.5 Å². The van der Waals surface area contributed by atoms with Gasteiger partial charge in [-0.05, 0) is 43.2 Å². The topological polar surface area (TPSA) is 84.9 Å². The number of halogens is 1. The van der Waals surface area contributed by atoms with Crippen LogP contribution in [0, 0.1) is 0 Å². The highest BCUT2D eigenvalue weighted by Gasteiger charge is 2.31. The van der Waals surface area contributed by atoms with Crippen molar-refractivity contribution in [2.24, 2.45) is 0 Å². The van der Waals surface area contributed by atoms with Crippen LogP contribution in [0.3, 0.4) is 0 Å². The number of benzene rings is 2. The van der Waals surface area contributed by atoms with E-state index in [2.05, 4.69) is 5.32 Å². The van der Waals surface area contributed by atoms with Crippen molar-refractivity contribution in [1.29, 1.82) is 0 Å². The van der Waals surface area contributed by atoms with Gasteiger partial charge in [-0.1, -0.05) is 23.7 Å². The molecule has 1 fully saturated rings. The Morgan fingerprint density at radius 3 is 2.57 bits per heavy atom. The van der Waals surface area contributed by atoms with Crippen molar-refractivity contribution >= 4 is 33.2 Å². The minimum atomic E-state index is -3.70. The molecule has 1 atom stereocenters. The van der Waals surface area contributed by atoms with Gasteiger partial charge in [-0.15, -0.1) is 0 Å². The molecule has 1 saturated heterocycles. The van der Waals surface area contributed by atoms with Crippen LogP contribution in [0.1, 0.15) is 12.8 Å². The van der Waals surface area contributed by atoms with Gasteiger partial charge in [0.25, 0.3) is 5.91 Å². The van der Waals surface area contributed by atoms with Crippen molar-refractivity contribution in [2.75, 3.05) is 25.0 Å². The molecule has 2 aliphatic rings. The molecular weight excluding hydrogens is 404 g/mol. The first-order valence-electron chi connectivity index (χ1n) is 8.94. The van der Waals surface area contributed by atoms with Crippen molar-refractivity contribution in [3.05, 3.63) is 47.5 Å². The molecule has 28 heavy (non-hydrogen) atoms. The van der Waals surface area contributed by atoms with Crippen LogP contribution in [0.15, 0.2) is 47.4 Å². The molecule has 9 heteroatoms. The van der Waals surface area contributed by atoms with E-state index in [0.29, 0.717) is 30.3 Å². The zero-order valence-electron chi connectivity index (χ0n) is 14.9. The number of hydrogen-bond acceptors (Lipinski definition) is 5. The van der Waals surface area contributed by atoms with Crippen LogP contribution in [0.2, 0.25) is 5.02 Å². The van der Waals surface area contributed by atoms with Crippen molar-refractivity contribution in [3.8, 4) is 11.5 Å². The zero-order chi connectivity index (χ0) is 19.7. The third-order valence-electron chi connectivity index (χ3n) is 4.68. The summed E-state index contributed by atoms with van der Waals surface area (Å²) in [6.45, 7) is 1.01. The Bertz CT molecular complexity index is 1010. The molecule has 1 unspecified atom stereocenters. The molecular formula is C19H19ClN2O5S. The minimum absolute atomic E-state index is 0.0139. The van der Waals surface area contributed by atoms with Crippen molar-refractivity contribution in [3.63, 3.8) is 0 Å². The van der Waals surface area contributed by atoms with Gasteiger partial charge in [-0.25, -0.2) is 8.42 Å². The van der Waals surface area contributed by atoms with Gasteiger partial charge in [0.1, 0.15) is 11.5 Å². The Morgan fingerprint density at radius 1 is 1.11 bits per heavy atom. The number of anilines is 1. The highest BCUT2D eigenvalue weighted by Crippen LogP contribution is 2.32. The number of amides is 1. The number of carbonyl (C=O) groups excluding carboxylic acids is 1. The number of hydrogen-bond donors (Lipinski definition) is 1. The van der Waals surface area contributed by atoms with E-state index in [-0.39, 0.29) is 16.5 Å². The van der Waals surface area contributed by atoms with Gasteiger partial charge in [0.2, 0.25) is 16.1 Å². The molecule has 2 aromatic carbocycles. The first-order chi connectivity index (χ1) is 13.4. The van der Waals surface area contributed by atoms with E-state index in [4.69, 9.17) is 21.1 Å². The maximum Gasteiger partial charge on any atom is 0.269 e. The zero-order valence-corrected chi connectivity index (χ0v) is 16.5. The monoisotopic (exact) mass is 422 g/mol. The van der Waals surface area contributed by atoms with E-state index in [1.807, 2.05) is 6.07 Å². The second-order valence-electron chi connectivity index (χ2n) is 6.61. The van der Waals surface area contributed by atoms with Crippen LogP contribution in [0.4, 0.5) is 5.69 Å². The Balaban J connectivity index is 1.52. The Hall–Kier alpha value is -2.29. The number of fused-ring (bicyclic) bond motifs is 1. The standard InChI is InChI=1S/C19H19ClN2O5S/c20-14-8-7-13(11-18(14)28(24,25)22-9-3-4-10-22)21-19(23)17-12-26-15-5-1-2-6-16(15)27-17/h1-2,5-8,11,17H,3-4,9-10,12H2,(H,21,23). The minimum Gasteiger partial charge on any atom is -0.485 e.